The van der Waals surface area contributed by atoms with E-state index in [9.17, 15) is 9.59 Å². The Kier molecular flexibility index (Phi) is 3.74. The van der Waals surface area contributed by atoms with Crippen LogP contribution in [0.5, 0.6) is 0 Å². The summed E-state index contributed by atoms with van der Waals surface area (Å²) in [4.78, 5) is 24.8. The van der Waals surface area contributed by atoms with Crippen LogP contribution in [-0.2, 0) is 9.53 Å². The average Bonchev–Trinajstić information content (AvgIpc) is 2.73. The Morgan fingerprint density at radius 1 is 1.37 bits per heavy atom. The van der Waals surface area contributed by atoms with Gasteiger partial charge in [-0.05, 0) is 37.1 Å². The number of alkyl carbamates (subject to hydrolysis) is 1. The number of benzene rings is 1. The molecule has 1 atom stereocenters. The summed E-state index contributed by atoms with van der Waals surface area (Å²) in [5, 5.41) is 2.66. The predicted octanol–water partition coefficient (Wildman–Crippen LogP) is 1.76. The number of hydrogen-bond acceptors (Lipinski definition) is 3. The van der Waals surface area contributed by atoms with Gasteiger partial charge in [0.2, 0.25) is 5.91 Å². The minimum absolute atomic E-state index is 0.0182. The van der Waals surface area contributed by atoms with Gasteiger partial charge in [-0.25, -0.2) is 4.79 Å². The molecule has 1 N–H and O–H groups in total. The van der Waals surface area contributed by atoms with Crippen molar-refractivity contribution < 1.29 is 14.3 Å². The topological polar surface area (TPSA) is 58.6 Å². The fraction of sp³-hybridized carbons (Fsp3) is 0.429. The van der Waals surface area contributed by atoms with Crippen LogP contribution in [0.3, 0.4) is 0 Å². The molecular weight excluding hydrogens is 244 g/mol. The molecule has 2 amide bonds. The van der Waals surface area contributed by atoms with Crippen molar-refractivity contribution in [2.45, 2.75) is 26.3 Å². The van der Waals surface area contributed by atoms with E-state index in [1.54, 1.807) is 4.90 Å². The fourth-order valence-electron chi connectivity index (χ4n) is 2.17. The lowest BCUT2D eigenvalue weighted by Gasteiger charge is -2.18. The highest BCUT2D eigenvalue weighted by molar-refractivity contribution is 5.96. The number of rotatable bonds is 2. The van der Waals surface area contributed by atoms with Gasteiger partial charge in [-0.1, -0.05) is 6.07 Å². The molecule has 1 aromatic carbocycles. The third-order valence-electron chi connectivity index (χ3n) is 3.43. The summed E-state index contributed by atoms with van der Waals surface area (Å²) in [6, 6.07) is 5.73. The minimum atomic E-state index is -0.500. The van der Waals surface area contributed by atoms with Crippen molar-refractivity contribution in [3.05, 3.63) is 29.3 Å². The highest BCUT2D eigenvalue weighted by atomic mass is 16.5. The minimum Gasteiger partial charge on any atom is -0.453 e. The van der Waals surface area contributed by atoms with E-state index < -0.39 is 6.09 Å². The molecule has 0 radical (unpaired) electrons. The molecule has 1 unspecified atom stereocenters. The molecule has 0 saturated carbocycles. The van der Waals surface area contributed by atoms with Crippen molar-refractivity contribution in [2.75, 3.05) is 18.6 Å². The molecule has 5 heteroatoms. The second-order valence-electron chi connectivity index (χ2n) is 4.81. The Hall–Kier alpha value is -2.04. The normalized spacial score (nSPS) is 18.6. The van der Waals surface area contributed by atoms with E-state index in [-0.39, 0.29) is 11.9 Å². The Balaban J connectivity index is 2.11. The number of methoxy groups -OCH3 is 1. The van der Waals surface area contributed by atoms with Gasteiger partial charge in [0.15, 0.2) is 0 Å². The molecule has 0 aliphatic carbocycles. The maximum atomic E-state index is 12.0. The molecule has 1 aliphatic rings. The number of amides is 2. The van der Waals surface area contributed by atoms with E-state index >= 15 is 0 Å². The van der Waals surface area contributed by atoms with Crippen LogP contribution >= 0.6 is 0 Å². The molecule has 19 heavy (non-hydrogen) atoms. The van der Waals surface area contributed by atoms with Crippen LogP contribution in [0.15, 0.2) is 18.2 Å². The van der Waals surface area contributed by atoms with E-state index in [4.69, 9.17) is 0 Å². The zero-order valence-electron chi connectivity index (χ0n) is 11.4. The molecule has 0 aromatic heterocycles. The number of ether oxygens (including phenoxy) is 1. The number of carbonyl (C=O) groups excluding carboxylic acids is 2. The van der Waals surface area contributed by atoms with Gasteiger partial charge in [0.25, 0.3) is 0 Å². The first-order chi connectivity index (χ1) is 9.01. The average molecular weight is 262 g/mol. The predicted molar refractivity (Wildman–Crippen MR) is 72.2 cm³/mol. The smallest absolute Gasteiger partial charge is 0.407 e. The molecule has 1 aromatic rings. The molecule has 5 nitrogen and oxygen atoms in total. The Labute approximate surface area is 112 Å². The number of anilines is 1. The molecule has 0 bridgehead atoms. The zero-order chi connectivity index (χ0) is 14.0. The highest BCUT2D eigenvalue weighted by Crippen LogP contribution is 2.24. The largest absolute Gasteiger partial charge is 0.453 e. The standard InChI is InChI=1S/C14H18N2O3/c1-9-4-5-12(6-10(9)2)16-8-11(7-13(16)17)15-14(18)19-3/h4-6,11H,7-8H2,1-3H3,(H,15,18). The Morgan fingerprint density at radius 2 is 2.11 bits per heavy atom. The van der Waals surface area contributed by atoms with Gasteiger partial charge in [-0.15, -0.1) is 0 Å². The fourth-order valence-corrected chi connectivity index (χ4v) is 2.17. The van der Waals surface area contributed by atoms with Gasteiger partial charge in [0, 0.05) is 18.7 Å². The molecule has 2 rings (SSSR count). The molecular formula is C14H18N2O3. The maximum absolute atomic E-state index is 12.0. The summed E-state index contributed by atoms with van der Waals surface area (Å²) in [6.45, 7) is 4.53. The van der Waals surface area contributed by atoms with E-state index in [0.29, 0.717) is 13.0 Å². The maximum Gasteiger partial charge on any atom is 0.407 e. The molecule has 1 aliphatic heterocycles. The SMILES string of the molecule is COC(=O)NC1CC(=O)N(c2ccc(C)c(C)c2)C1. The molecule has 1 fully saturated rings. The van der Waals surface area contributed by atoms with Crippen LogP contribution < -0.4 is 10.2 Å². The van der Waals surface area contributed by atoms with Crippen molar-refractivity contribution in [1.82, 2.24) is 5.32 Å². The Morgan fingerprint density at radius 3 is 2.74 bits per heavy atom. The van der Waals surface area contributed by atoms with Crippen molar-refractivity contribution in [3.8, 4) is 0 Å². The van der Waals surface area contributed by atoms with Crippen LogP contribution in [0.25, 0.3) is 0 Å². The van der Waals surface area contributed by atoms with E-state index in [1.807, 2.05) is 32.0 Å². The third kappa shape index (κ3) is 2.86. The van der Waals surface area contributed by atoms with E-state index in [0.717, 1.165) is 11.3 Å². The summed E-state index contributed by atoms with van der Waals surface area (Å²) >= 11 is 0. The molecule has 1 heterocycles. The second kappa shape index (κ2) is 5.30. The van der Waals surface area contributed by atoms with Crippen LogP contribution in [0, 0.1) is 13.8 Å². The Bertz CT molecular complexity index is 513. The van der Waals surface area contributed by atoms with Gasteiger partial charge in [-0.3, -0.25) is 4.79 Å². The second-order valence-corrected chi connectivity index (χ2v) is 4.81. The molecule has 1 saturated heterocycles. The van der Waals surface area contributed by atoms with Gasteiger partial charge in [-0.2, -0.15) is 0 Å². The van der Waals surface area contributed by atoms with Gasteiger partial charge in [0.1, 0.15) is 0 Å². The van der Waals surface area contributed by atoms with Crippen molar-refractivity contribution >= 4 is 17.7 Å². The van der Waals surface area contributed by atoms with Crippen LogP contribution in [-0.4, -0.2) is 31.7 Å². The van der Waals surface area contributed by atoms with Gasteiger partial charge >= 0.3 is 6.09 Å². The van der Waals surface area contributed by atoms with Crippen molar-refractivity contribution in [1.29, 1.82) is 0 Å². The zero-order valence-corrected chi connectivity index (χ0v) is 11.4. The molecule has 0 spiro atoms. The first-order valence-corrected chi connectivity index (χ1v) is 6.23. The van der Waals surface area contributed by atoms with Gasteiger partial charge in [0.05, 0.1) is 13.2 Å². The van der Waals surface area contributed by atoms with E-state index in [1.165, 1.54) is 12.7 Å². The third-order valence-corrected chi connectivity index (χ3v) is 3.43. The first-order valence-electron chi connectivity index (χ1n) is 6.23. The number of hydrogen-bond donors (Lipinski definition) is 1. The lowest BCUT2D eigenvalue weighted by atomic mass is 10.1. The number of nitrogens with one attached hydrogen (secondary N) is 1. The highest BCUT2D eigenvalue weighted by Gasteiger charge is 2.31. The number of carbonyl (C=O) groups is 2. The summed E-state index contributed by atoms with van der Waals surface area (Å²) < 4.78 is 4.54. The lowest BCUT2D eigenvalue weighted by molar-refractivity contribution is -0.117. The monoisotopic (exact) mass is 262 g/mol. The van der Waals surface area contributed by atoms with Crippen molar-refractivity contribution in [2.24, 2.45) is 0 Å². The van der Waals surface area contributed by atoms with Crippen LogP contribution in [0.4, 0.5) is 10.5 Å². The lowest BCUT2D eigenvalue weighted by Crippen LogP contribution is -2.37. The van der Waals surface area contributed by atoms with Crippen LogP contribution in [0.1, 0.15) is 17.5 Å². The van der Waals surface area contributed by atoms with Crippen molar-refractivity contribution in [3.63, 3.8) is 0 Å². The summed E-state index contributed by atoms with van der Waals surface area (Å²) in [5.74, 6) is 0.0182. The summed E-state index contributed by atoms with van der Waals surface area (Å²) in [7, 11) is 1.31. The van der Waals surface area contributed by atoms with Crippen LogP contribution in [0.2, 0.25) is 0 Å². The quantitative estimate of drug-likeness (QED) is 0.883. The molecule has 102 valence electrons. The number of nitrogens with zero attached hydrogens (tertiary/aromatic N) is 1. The summed E-state index contributed by atoms with van der Waals surface area (Å²) in [6.07, 6.45) is -0.193. The van der Waals surface area contributed by atoms with Gasteiger partial charge < -0.3 is 15.0 Å². The number of aryl methyl sites for hydroxylation is 2. The summed E-state index contributed by atoms with van der Waals surface area (Å²) in [5.41, 5.74) is 3.22. The van der Waals surface area contributed by atoms with E-state index in [2.05, 4.69) is 10.1 Å². The first kappa shape index (κ1) is 13.4.